The molecule has 1 N–H and O–H groups in total. The van der Waals surface area contributed by atoms with Crippen LogP contribution < -0.4 is 9.80 Å². The minimum absolute atomic E-state index is 0.181. The summed E-state index contributed by atoms with van der Waals surface area (Å²) in [6.07, 6.45) is 1.62. The quantitative estimate of drug-likeness (QED) is 0.734. The summed E-state index contributed by atoms with van der Waals surface area (Å²) < 4.78 is 0. The number of hydrogen-bond acceptors (Lipinski definition) is 4. The van der Waals surface area contributed by atoms with Gasteiger partial charge in [-0.15, -0.1) is 0 Å². The third-order valence-corrected chi connectivity index (χ3v) is 2.43. The maximum absolute atomic E-state index is 9.18. The Morgan fingerprint density at radius 1 is 1.50 bits per heavy atom. The molecular weight excluding hydrogens is 178 g/mol. The third-order valence-electron chi connectivity index (χ3n) is 2.43. The predicted molar refractivity (Wildman–Crippen MR) is 56.8 cm³/mol. The lowest BCUT2D eigenvalue weighted by Crippen LogP contribution is -2.51. The molecule has 14 heavy (non-hydrogen) atoms. The highest BCUT2D eigenvalue weighted by molar-refractivity contribution is 5.55. The molecule has 0 saturated carbocycles. The van der Waals surface area contributed by atoms with E-state index in [2.05, 4.69) is 9.88 Å². The van der Waals surface area contributed by atoms with E-state index in [0.717, 1.165) is 11.5 Å². The average molecular weight is 193 g/mol. The molecule has 0 spiro atoms. The van der Waals surface area contributed by atoms with E-state index in [4.69, 9.17) is 0 Å². The maximum atomic E-state index is 9.18. The van der Waals surface area contributed by atoms with Crippen LogP contribution in [0.5, 0.6) is 0 Å². The second kappa shape index (κ2) is 3.46. The molecule has 1 fully saturated rings. The first kappa shape index (κ1) is 9.27. The lowest BCUT2D eigenvalue weighted by molar-refractivity contribution is 0.141. The minimum Gasteiger partial charge on any atom is -0.389 e. The summed E-state index contributed by atoms with van der Waals surface area (Å²) >= 11 is 0. The molecule has 0 radical (unpaired) electrons. The van der Waals surface area contributed by atoms with Crippen molar-refractivity contribution in [3.8, 4) is 0 Å². The zero-order valence-corrected chi connectivity index (χ0v) is 8.51. The Bertz CT molecular complexity index is 321. The molecule has 0 unspecified atom stereocenters. The summed E-state index contributed by atoms with van der Waals surface area (Å²) in [6, 6.07) is 4.01. The first-order chi connectivity index (χ1) is 6.66. The largest absolute Gasteiger partial charge is 0.389 e. The van der Waals surface area contributed by atoms with Crippen molar-refractivity contribution >= 4 is 11.5 Å². The number of rotatable bonds is 2. The van der Waals surface area contributed by atoms with Crippen molar-refractivity contribution in [1.82, 2.24) is 4.98 Å². The van der Waals surface area contributed by atoms with Crippen LogP contribution in [0.2, 0.25) is 0 Å². The van der Waals surface area contributed by atoms with Gasteiger partial charge < -0.3 is 14.9 Å². The molecular formula is C10H15N3O. The molecule has 1 aliphatic rings. The number of pyridine rings is 1. The number of hydrogen-bond donors (Lipinski definition) is 1. The number of nitrogens with zero attached hydrogens (tertiary/aromatic N) is 3. The van der Waals surface area contributed by atoms with Crippen LogP contribution in [-0.4, -0.2) is 43.4 Å². The summed E-state index contributed by atoms with van der Waals surface area (Å²) in [7, 11) is 4.01. The van der Waals surface area contributed by atoms with Gasteiger partial charge in [-0.3, -0.25) is 0 Å². The molecule has 1 aromatic rings. The van der Waals surface area contributed by atoms with Gasteiger partial charge in [-0.25, -0.2) is 4.98 Å². The van der Waals surface area contributed by atoms with Crippen LogP contribution in [0.25, 0.3) is 0 Å². The first-order valence-corrected chi connectivity index (χ1v) is 4.73. The van der Waals surface area contributed by atoms with Gasteiger partial charge in [0, 0.05) is 45.1 Å². The van der Waals surface area contributed by atoms with E-state index in [1.807, 2.05) is 31.1 Å². The van der Waals surface area contributed by atoms with Crippen LogP contribution in [0.1, 0.15) is 0 Å². The highest BCUT2D eigenvalue weighted by Crippen LogP contribution is 2.22. The van der Waals surface area contributed by atoms with Gasteiger partial charge in [0.1, 0.15) is 5.82 Å². The fraction of sp³-hybridized carbons (Fsp3) is 0.500. The van der Waals surface area contributed by atoms with E-state index in [1.54, 1.807) is 6.20 Å². The van der Waals surface area contributed by atoms with E-state index in [-0.39, 0.29) is 6.10 Å². The summed E-state index contributed by atoms with van der Waals surface area (Å²) in [6.45, 7) is 1.40. The summed E-state index contributed by atoms with van der Waals surface area (Å²) in [5.41, 5.74) is 1.14. The molecule has 2 rings (SSSR count). The second-order valence-corrected chi connectivity index (χ2v) is 3.83. The molecule has 1 aliphatic heterocycles. The normalized spacial score (nSPS) is 16.6. The smallest absolute Gasteiger partial charge is 0.130 e. The number of aliphatic hydroxyl groups is 1. The van der Waals surface area contributed by atoms with E-state index < -0.39 is 0 Å². The van der Waals surface area contributed by atoms with Crippen molar-refractivity contribution in [1.29, 1.82) is 0 Å². The van der Waals surface area contributed by atoms with Gasteiger partial charge in [-0.1, -0.05) is 0 Å². The van der Waals surface area contributed by atoms with Gasteiger partial charge in [0.2, 0.25) is 0 Å². The van der Waals surface area contributed by atoms with Crippen LogP contribution in [0.3, 0.4) is 0 Å². The molecule has 4 heteroatoms. The van der Waals surface area contributed by atoms with Crippen molar-refractivity contribution < 1.29 is 5.11 Å². The molecule has 0 bridgehead atoms. The Kier molecular flexibility index (Phi) is 2.29. The molecule has 76 valence electrons. The third kappa shape index (κ3) is 1.65. The lowest BCUT2D eigenvalue weighted by Gasteiger charge is -2.37. The molecule has 0 aliphatic carbocycles. The van der Waals surface area contributed by atoms with Crippen molar-refractivity contribution in [3.63, 3.8) is 0 Å². The van der Waals surface area contributed by atoms with E-state index in [0.29, 0.717) is 13.1 Å². The van der Waals surface area contributed by atoms with Crippen molar-refractivity contribution in [2.45, 2.75) is 6.10 Å². The van der Waals surface area contributed by atoms with E-state index in [1.165, 1.54) is 0 Å². The monoisotopic (exact) mass is 193 g/mol. The van der Waals surface area contributed by atoms with Crippen LogP contribution >= 0.6 is 0 Å². The Morgan fingerprint density at radius 2 is 2.21 bits per heavy atom. The second-order valence-electron chi connectivity index (χ2n) is 3.83. The highest BCUT2D eigenvalue weighted by Gasteiger charge is 2.25. The van der Waals surface area contributed by atoms with Crippen molar-refractivity contribution in [3.05, 3.63) is 18.3 Å². The topological polar surface area (TPSA) is 39.6 Å². The Morgan fingerprint density at radius 3 is 2.79 bits per heavy atom. The number of aliphatic hydroxyl groups excluding tert-OH is 1. The van der Waals surface area contributed by atoms with Gasteiger partial charge in [0.05, 0.1) is 6.10 Å². The number of aromatic nitrogens is 1. The summed E-state index contributed by atoms with van der Waals surface area (Å²) in [4.78, 5) is 8.38. The molecule has 0 atom stereocenters. The molecule has 1 aromatic heterocycles. The van der Waals surface area contributed by atoms with Gasteiger partial charge in [0.25, 0.3) is 0 Å². The van der Waals surface area contributed by atoms with Gasteiger partial charge >= 0.3 is 0 Å². The highest BCUT2D eigenvalue weighted by atomic mass is 16.3. The van der Waals surface area contributed by atoms with Crippen LogP contribution in [0, 0.1) is 0 Å². The number of β-amino-alcohol motifs (C(OH)–C–C–N with tert-alkyl or cyclic N) is 1. The molecule has 2 heterocycles. The van der Waals surface area contributed by atoms with Gasteiger partial charge in [0.15, 0.2) is 0 Å². The summed E-state index contributed by atoms with van der Waals surface area (Å²) in [5, 5.41) is 9.18. The van der Waals surface area contributed by atoms with Crippen molar-refractivity contribution in [2.24, 2.45) is 0 Å². The fourth-order valence-corrected chi connectivity index (χ4v) is 1.50. The molecule has 4 nitrogen and oxygen atoms in total. The first-order valence-electron chi connectivity index (χ1n) is 4.73. The zero-order valence-electron chi connectivity index (χ0n) is 8.51. The number of anilines is 2. The van der Waals surface area contributed by atoms with Crippen LogP contribution in [0.15, 0.2) is 18.3 Å². The Hall–Kier alpha value is -1.29. The Balaban J connectivity index is 2.14. The van der Waals surface area contributed by atoms with Crippen LogP contribution in [-0.2, 0) is 0 Å². The molecule has 0 aromatic carbocycles. The lowest BCUT2D eigenvalue weighted by atomic mass is 10.1. The van der Waals surface area contributed by atoms with Crippen LogP contribution in [0.4, 0.5) is 11.5 Å². The minimum atomic E-state index is -0.181. The standard InChI is InChI=1S/C10H15N3O/c1-12(2)8-3-4-11-10(5-8)13-6-9(14)7-13/h3-5,9,14H,6-7H2,1-2H3. The van der Waals surface area contributed by atoms with E-state index >= 15 is 0 Å². The Labute approximate surface area is 83.8 Å². The van der Waals surface area contributed by atoms with E-state index in [9.17, 15) is 5.11 Å². The zero-order chi connectivity index (χ0) is 10.1. The average Bonchev–Trinajstić information content (AvgIpc) is 2.13. The summed E-state index contributed by atoms with van der Waals surface area (Å²) in [5.74, 6) is 0.946. The molecule has 1 saturated heterocycles. The van der Waals surface area contributed by atoms with Gasteiger partial charge in [-0.2, -0.15) is 0 Å². The fourth-order valence-electron chi connectivity index (χ4n) is 1.50. The predicted octanol–water partition coefficient (Wildman–Crippen LogP) is 0.328. The van der Waals surface area contributed by atoms with Crippen molar-refractivity contribution in [2.75, 3.05) is 37.0 Å². The maximum Gasteiger partial charge on any atom is 0.130 e. The van der Waals surface area contributed by atoms with Gasteiger partial charge in [-0.05, 0) is 6.07 Å². The molecule has 0 amide bonds. The SMILES string of the molecule is CN(C)c1ccnc(N2CC(O)C2)c1.